The normalized spacial score (nSPS) is 16.4. The second-order valence-electron chi connectivity index (χ2n) is 11.9. The van der Waals surface area contributed by atoms with Gasteiger partial charge in [0.05, 0.1) is 18.1 Å². The smallest absolute Gasteiger partial charge is 0.143 e. The molecule has 0 fully saturated rings. The van der Waals surface area contributed by atoms with E-state index in [1.807, 2.05) is 0 Å². The van der Waals surface area contributed by atoms with E-state index in [-0.39, 0.29) is 5.60 Å². The van der Waals surface area contributed by atoms with Gasteiger partial charge in [-0.15, -0.1) is 0 Å². The minimum Gasteiger partial charge on any atom is -0.495 e. The molecule has 2 aromatic heterocycles. The maximum absolute atomic E-state index is 6.82. The maximum Gasteiger partial charge on any atom is 0.143 e. The van der Waals surface area contributed by atoms with Crippen molar-refractivity contribution in [2.75, 3.05) is 7.11 Å². The fourth-order valence-corrected chi connectivity index (χ4v) is 6.54. The van der Waals surface area contributed by atoms with Gasteiger partial charge in [-0.05, 0) is 94.1 Å². The number of nitrogens with one attached hydrogen (secondary N) is 1. The number of aromatic amines is 1. The van der Waals surface area contributed by atoms with Gasteiger partial charge in [0.25, 0.3) is 0 Å². The number of benzene rings is 4. The highest BCUT2D eigenvalue weighted by Gasteiger charge is 2.30. The number of para-hydroxylation sites is 2. The first-order chi connectivity index (χ1) is 19.8. The summed E-state index contributed by atoms with van der Waals surface area (Å²) in [6, 6.07) is 24.0. The van der Waals surface area contributed by atoms with Crippen LogP contribution in [0.2, 0.25) is 0 Å². The Bertz CT molecular complexity index is 2030. The Balaban J connectivity index is 1.41. The van der Waals surface area contributed by atoms with Gasteiger partial charge in [0.2, 0.25) is 0 Å². The van der Waals surface area contributed by atoms with Crippen molar-refractivity contribution in [3.05, 3.63) is 101 Å². The molecular formula is C37H36N2O2. The lowest BCUT2D eigenvalue weighted by atomic mass is 9.92. The number of fused-ring (bicyclic) bond motifs is 8. The Morgan fingerprint density at radius 1 is 0.976 bits per heavy atom. The van der Waals surface area contributed by atoms with Crippen molar-refractivity contribution in [2.24, 2.45) is 0 Å². The molecule has 1 atom stereocenters. The molecule has 4 aromatic carbocycles. The largest absolute Gasteiger partial charge is 0.495 e. The number of hydrogen-bond donors (Lipinski definition) is 1. The van der Waals surface area contributed by atoms with Crippen LogP contribution in [-0.2, 0) is 6.54 Å². The molecule has 6 aromatic rings. The molecule has 0 bridgehead atoms. The van der Waals surface area contributed by atoms with Gasteiger partial charge in [-0.2, -0.15) is 0 Å². The molecule has 0 radical (unpaired) electrons. The standard InChI is InChI=1S/C37H36N2O2/c1-23(2)11-10-17-37(4)18-16-28-35-30(19-24(3)36(28)41-37)27-13-7-9-15-32(27)39(35)22-25-20-29-26-12-6-8-14-31(26)38-34(29)33(21-25)40-5/h6-9,11-16,18-21,38H,10,17,22H2,1-5H3/t37-/m0/s1. The third-order valence-corrected chi connectivity index (χ3v) is 8.56. The molecule has 206 valence electrons. The van der Waals surface area contributed by atoms with E-state index in [9.17, 15) is 0 Å². The van der Waals surface area contributed by atoms with Gasteiger partial charge in [0.15, 0.2) is 0 Å². The molecule has 4 nitrogen and oxygen atoms in total. The minimum atomic E-state index is -0.331. The topological polar surface area (TPSA) is 39.2 Å². The molecule has 1 aliphatic rings. The first-order valence-electron chi connectivity index (χ1n) is 14.5. The first kappa shape index (κ1) is 25.5. The lowest BCUT2D eigenvalue weighted by molar-refractivity contribution is 0.128. The van der Waals surface area contributed by atoms with Crippen LogP contribution in [-0.4, -0.2) is 22.3 Å². The van der Waals surface area contributed by atoms with Gasteiger partial charge in [-0.25, -0.2) is 0 Å². The molecule has 7 rings (SSSR count). The van der Waals surface area contributed by atoms with Gasteiger partial charge < -0.3 is 19.0 Å². The van der Waals surface area contributed by atoms with Crippen molar-refractivity contribution in [2.45, 2.75) is 52.7 Å². The molecule has 1 aliphatic heterocycles. The first-order valence-corrected chi connectivity index (χ1v) is 14.5. The van der Waals surface area contributed by atoms with Gasteiger partial charge in [0, 0.05) is 44.7 Å². The number of H-pyrrole nitrogens is 1. The summed E-state index contributed by atoms with van der Waals surface area (Å²) >= 11 is 0. The van der Waals surface area contributed by atoms with Crippen molar-refractivity contribution >= 4 is 49.7 Å². The second kappa shape index (κ2) is 9.59. The molecule has 0 saturated heterocycles. The summed E-state index contributed by atoms with van der Waals surface area (Å²) in [5, 5.41) is 4.92. The van der Waals surface area contributed by atoms with Crippen LogP contribution >= 0.6 is 0 Å². The zero-order chi connectivity index (χ0) is 28.3. The monoisotopic (exact) mass is 540 g/mol. The zero-order valence-corrected chi connectivity index (χ0v) is 24.5. The predicted octanol–water partition coefficient (Wildman–Crippen LogP) is 9.71. The van der Waals surface area contributed by atoms with E-state index in [1.165, 1.54) is 49.3 Å². The summed E-state index contributed by atoms with van der Waals surface area (Å²) in [6.45, 7) is 9.40. The Kier molecular flexibility index (Phi) is 5.97. The van der Waals surface area contributed by atoms with Crippen LogP contribution < -0.4 is 9.47 Å². The average molecular weight is 541 g/mol. The molecule has 0 amide bonds. The van der Waals surface area contributed by atoms with Crippen molar-refractivity contribution in [1.29, 1.82) is 0 Å². The molecule has 0 aliphatic carbocycles. The van der Waals surface area contributed by atoms with Gasteiger partial charge in [0.1, 0.15) is 17.1 Å². The van der Waals surface area contributed by atoms with E-state index in [4.69, 9.17) is 9.47 Å². The number of allylic oxidation sites excluding steroid dienone is 2. The molecule has 4 heteroatoms. The number of nitrogens with zero attached hydrogens (tertiary/aromatic N) is 1. The number of ether oxygens (including phenoxy) is 2. The quantitative estimate of drug-likeness (QED) is 0.214. The number of aromatic nitrogens is 2. The maximum atomic E-state index is 6.82. The fraction of sp³-hybridized carbons (Fsp3) is 0.243. The molecule has 41 heavy (non-hydrogen) atoms. The Labute approximate surface area is 240 Å². The molecular weight excluding hydrogens is 504 g/mol. The summed E-state index contributed by atoms with van der Waals surface area (Å²) in [5.74, 6) is 1.86. The SMILES string of the molecule is COc1cc(Cn2c3ccccc3c3cc(C)c4c(c32)C=C[C@](C)(CCC=C(C)C)O4)cc2c1[nH]c1ccccc12. The summed E-state index contributed by atoms with van der Waals surface area (Å²) < 4.78 is 15.2. The van der Waals surface area contributed by atoms with Crippen LogP contribution in [0, 0.1) is 6.92 Å². The van der Waals surface area contributed by atoms with E-state index in [1.54, 1.807) is 7.11 Å². The van der Waals surface area contributed by atoms with Crippen LogP contribution in [0.15, 0.2) is 84.5 Å². The van der Waals surface area contributed by atoms with Crippen LogP contribution in [0.1, 0.15) is 50.3 Å². The number of aryl methyl sites for hydroxylation is 1. The summed E-state index contributed by atoms with van der Waals surface area (Å²) in [7, 11) is 1.75. The minimum absolute atomic E-state index is 0.331. The molecule has 1 N–H and O–H groups in total. The van der Waals surface area contributed by atoms with Crippen LogP contribution in [0.3, 0.4) is 0 Å². The van der Waals surface area contributed by atoms with Gasteiger partial charge in [-0.1, -0.05) is 48.0 Å². The molecule has 0 saturated carbocycles. The lowest BCUT2D eigenvalue weighted by Gasteiger charge is -2.33. The van der Waals surface area contributed by atoms with Gasteiger partial charge in [-0.3, -0.25) is 0 Å². The van der Waals surface area contributed by atoms with Crippen LogP contribution in [0.25, 0.3) is 49.7 Å². The summed E-state index contributed by atoms with van der Waals surface area (Å²) in [6.07, 6.45) is 8.80. The third kappa shape index (κ3) is 4.21. The number of hydrogen-bond acceptors (Lipinski definition) is 2. The average Bonchev–Trinajstić information content (AvgIpc) is 3.48. The fourth-order valence-electron chi connectivity index (χ4n) is 6.54. The van der Waals surface area contributed by atoms with E-state index >= 15 is 0 Å². The third-order valence-electron chi connectivity index (χ3n) is 8.56. The number of methoxy groups -OCH3 is 1. The molecule has 0 spiro atoms. The number of rotatable bonds is 6. The predicted molar refractivity (Wildman–Crippen MR) is 172 cm³/mol. The summed E-state index contributed by atoms with van der Waals surface area (Å²) in [5.41, 5.74) is 9.15. The Morgan fingerprint density at radius 3 is 2.56 bits per heavy atom. The molecule has 0 unspecified atom stereocenters. The van der Waals surface area contributed by atoms with Crippen molar-refractivity contribution in [1.82, 2.24) is 9.55 Å². The lowest BCUT2D eigenvalue weighted by Crippen LogP contribution is -2.32. The van der Waals surface area contributed by atoms with Crippen LogP contribution in [0.4, 0.5) is 0 Å². The highest BCUT2D eigenvalue weighted by molar-refractivity contribution is 6.12. The highest BCUT2D eigenvalue weighted by atomic mass is 16.5. The van der Waals surface area contributed by atoms with Crippen LogP contribution in [0.5, 0.6) is 11.5 Å². The molecule has 3 heterocycles. The second-order valence-corrected chi connectivity index (χ2v) is 11.9. The summed E-state index contributed by atoms with van der Waals surface area (Å²) in [4.78, 5) is 3.56. The van der Waals surface area contributed by atoms with E-state index in [0.717, 1.165) is 47.5 Å². The van der Waals surface area contributed by atoms with E-state index in [0.29, 0.717) is 0 Å². The van der Waals surface area contributed by atoms with Gasteiger partial charge >= 0.3 is 0 Å². The zero-order valence-electron chi connectivity index (χ0n) is 24.5. The van der Waals surface area contributed by atoms with E-state index in [2.05, 4.69) is 122 Å². The van der Waals surface area contributed by atoms with Crippen molar-refractivity contribution < 1.29 is 9.47 Å². The van der Waals surface area contributed by atoms with Crippen molar-refractivity contribution in [3.63, 3.8) is 0 Å². The Morgan fingerprint density at radius 2 is 1.76 bits per heavy atom. The van der Waals surface area contributed by atoms with E-state index < -0.39 is 0 Å². The van der Waals surface area contributed by atoms with Crippen molar-refractivity contribution in [3.8, 4) is 11.5 Å². The highest BCUT2D eigenvalue weighted by Crippen LogP contribution is 2.44. The Hall–Kier alpha value is -4.44.